The summed E-state index contributed by atoms with van der Waals surface area (Å²) in [6.07, 6.45) is 4.55. The second kappa shape index (κ2) is 7.41. The van der Waals surface area contributed by atoms with Gasteiger partial charge in [-0.1, -0.05) is 26.2 Å². The van der Waals surface area contributed by atoms with E-state index in [-0.39, 0.29) is 5.75 Å². The van der Waals surface area contributed by atoms with E-state index in [0.29, 0.717) is 12.4 Å². The standard InChI is InChI=1S/C12H19O5P/c1-2-3-4-5-10-16-11-6-8-12(9-7-11)17-18(13,14)15/h6-9H,2-5,10H2,1H3,(H2,13,14,15). The highest BCUT2D eigenvalue weighted by atomic mass is 31.2. The van der Waals surface area contributed by atoms with Gasteiger partial charge in [0.15, 0.2) is 0 Å². The van der Waals surface area contributed by atoms with Crippen LogP contribution in [0.3, 0.4) is 0 Å². The highest BCUT2D eigenvalue weighted by Crippen LogP contribution is 2.37. The molecule has 0 amide bonds. The number of ether oxygens (including phenoxy) is 1. The van der Waals surface area contributed by atoms with E-state index in [1.54, 1.807) is 12.1 Å². The summed E-state index contributed by atoms with van der Waals surface area (Å²) in [7, 11) is -4.48. The fourth-order valence-corrected chi connectivity index (χ4v) is 1.85. The van der Waals surface area contributed by atoms with Gasteiger partial charge in [0.05, 0.1) is 6.61 Å². The van der Waals surface area contributed by atoms with E-state index < -0.39 is 7.82 Å². The maximum absolute atomic E-state index is 10.6. The predicted octanol–water partition coefficient (Wildman–Crippen LogP) is 3.12. The third kappa shape index (κ3) is 6.64. The van der Waals surface area contributed by atoms with Crippen LogP contribution in [0.4, 0.5) is 0 Å². The Morgan fingerprint density at radius 1 is 1.06 bits per heavy atom. The lowest BCUT2D eigenvalue weighted by Gasteiger charge is -2.08. The number of phosphoric acid groups is 1. The number of phosphoric ester groups is 1. The summed E-state index contributed by atoms with van der Waals surface area (Å²) >= 11 is 0. The first-order valence-electron chi connectivity index (χ1n) is 5.99. The molecule has 6 heteroatoms. The highest BCUT2D eigenvalue weighted by molar-refractivity contribution is 7.46. The zero-order chi connectivity index (χ0) is 13.4. The molecule has 0 aliphatic carbocycles. The Hall–Kier alpha value is -1.03. The smallest absolute Gasteiger partial charge is 0.494 e. The molecule has 1 rings (SSSR count). The topological polar surface area (TPSA) is 76.0 Å². The van der Waals surface area contributed by atoms with E-state index in [2.05, 4.69) is 11.4 Å². The van der Waals surface area contributed by atoms with Gasteiger partial charge in [0, 0.05) is 0 Å². The zero-order valence-electron chi connectivity index (χ0n) is 10.4. The summed E-state index contributed by atoms with van der Waals surface area (Å²) < 4.78 is 20.5. The van der Waals surface area contributed by atoms with Gasteiger partial charge in [-0.05, 0) is 30.7 Å². The van der Waals surface area contributed by atoms with Crippen molar-refractivity contribution in [2.75, 3.05) is 6.61 Å². The summed E-state index contributed by atoms with van der Waals surface area (Å²) in [5.74, 6) is 0.797. The molecule has 0 atom stereocenters. The van der Waals surface area contributed by atoms with Crippen molar-refractivity contribution in [3.8, 4) is 11.5 Å². The minimum atomic E-state index is -4.48. The third-order valence-electron chi connectivity index (χ3n) is 2.31. The molecule has 5 nitrogen and oxygen atoms in total. The van der Waals surface area contributed by atoms with Crippen LogP contribution >= 0.6 is 7.82 Å². The molecule has 0 bridgehead atoms. The molecule has 0 unspecified atom stereocenters. The minimum Gasteiger partial charge on any atom is -0.494 e. The highest BCUT2D eigenvalue weighted by Gasteiger charge is 2.15. The first-order chi connectivity index (χ1) is 8.51. The van der Waals surface area contributed by atoms with Crippen LogP contribution in [-0.2, 0) is 4.57 Å². The lowest BCUT2D eigenvalue weighted by Crippen LogP contribution is -1.97. The average Bonchev–Trinajstić information content (AvgIpc) is 2.29. The third-order valence-corrected chi connectivity index (χ3v) is 2.76. The maximum Gasteiger partial charge on any atom is 0.524 e. The van der Waals surface area contributed by atoms with Crippen LogP contribution in [0.15, 0.2) is 24.3 Å². The predicted molar refractivity (Wildman–Crippen MR) is 68.8 cm³/mol. The van der Waals surface area contributed by atoms with Crippen LogP contribution in [0.5, 0.6) is 11.5 Å². The van der Waals surface area contributed by atoms with Gasteiger partial charge in [0.1, 0.15) is 11.5 Å². The fourth-order valence-electron chi connectivity index (χ4n) is 1.45. The Labute approximate surface area is 107 Å². The Balaban J connectivity index is 2.34. The Kier molecular flexibility index (Phi) is 6.19. The largest absolute Gasteiger partial charge is 0.524 e. The number of unbranched alkanes of at least 4 members (excludes halogenated alkanes) is 3. The summed E-state index contributed by atoms with van der Waals surface area (Å²) in [5, 5.41) is 0. The lowest BCUT2D eigenvalue weighted by molar-refractivity contribution is 0.282. The number of hydrogen-bond donors (Lipinski definition) is 2. The Morgan fingerprint density at radius 3 is 2.22 bits per heavy atom. The molecule has 0 saturated carbocycles. The minimum absolute atomic E-state index is 0.127. The fraction of sp³-hybridized carbons (Fsp3) is 0.500. The molecule has 0 heterocycles. The summed E-state index contributed by atoms with van der Waals surface area (Å²) in [6, 6.07) is 6.20. The molecule has 0 fully saturated rings. The molecule has 1 aromatic rings. The molecular formula is C12H19O5P. The first kappa shape index (κ1) is 15.0. The summed E-state index contributed by atoms with van der Waals surface area (Å²) in [4.78, 5) is 17.2. The summed E-state index contributed by atoms with van der Waals surface area (Å²) in [6.45, 7) is 2.80. The number of rotatable bonds is 8. The molecular weight excluding hydrogens is 255 g/mol. The molecule has 0 aliphatic heterocycles. The van der Waals surface area contributed by atoms with E-state index in [1.807, 2.05) is 0 Å². The van der Waals surface area contributed by atoms with Crippen molar-refractivity contribution in [2.24, 2.45) is 0 Å². The van der Waals surface area contributed by atoms with Crippen LogP contribution in [0.2, 0.25) is 0 Å². The van der Waals surface area contributed by atoms with Crippen molar-refractivity contribution >= 4 is 7.82 Å². The average molecular weight is 274 g/mol. The number of hydrogen-bond acceptors (Lipinski definition) is 3. The molecule has 1 aromatic carbocycles. The van der Waals surface area contributed by atoms with Gasteiger partial charge in [0.25, 0.3) is 0 Å². The van der Waals surface area contributed by atoms with Crippen molar-refractivity contribution in [1.29, 1.82) is 0 Å². The van der Waals surface area contributed by atoms with Crippen LogP contribution in [0.1, 0.15) is 32.6 Å². The van der Waals surface area contributed by atoms with Crippen molar-refractivity contribution in [1.82, 2.24) is 0 Å². The van der Waals surface area contributed by atoms with Gasteiger partial charge in [-0.25, -0.2) is 4.57 Å². The zero-order valence-corrected chi connectivity index (χ0v) is 11.3. The second-order valence-electron chi connectivity index (χ2n) is 3.96. The van der Waals surface area contributed by atoms with Crippen molar-refractivity contribution in [3.63, 3.8) is 0 Å². The lowest BCUT2D eigenvalue weighted by atomic mass is 10.2. The van der Waals surface area contributed by atoms with Crippen LogP contribution in [0.25, 0.3) is 0 Å². The molecule has 2 N–H and O–H groups in total. The van der Waals surface area contributed by atoms with Gasteiger partial charge in [-0.2, -0.15) is 0 Å². The molecule has 0 radical (unpaired) electrons. The SMILES string of the molecule is CCCCCCOc1ccc(OP(=O)(O)O)cc1. The normalized spacial score (nSPS) is 11.3. The van der Waals surface area contributed by atoms with Crippen LogP contribution < -0.4 is 9.26 Å². The molecule has 0 saturated heterocycles. The van der Waals surface area contributed by atoms with E-state index >= 15 is 0 Å². The maximum atomic E-state index is 10.6. The van der Waals surface area contributed by atoms with Gasteiger partial charge in [-0.3, -0.25) is 9.79 Å². The van der Waals surface area contributed by atoms with Crippen LogP contribution in [-0.4, -0.2) is 16.4 Å². The van der Waals surface area contributed by atoms with Crippen molar-refractivity contribution in [2.45, 2.75) is 32.6 Å². The van der Waals surface area contributed by atoms with Crippen molar-refractivity contribution in [3.05, 3.63) is 24.3 Å². The quantitative estimate of drug-likeness (QED) is 0.562. The van der Waals surface area contributed by atoms with E-state index in [1.165, 1.54) is 25.0 Å². The van der Waals surface area contributed by atoms with E-state index in [4.69, 9.17) is 14.5 Å². The Morgan fingerprint density at radius 2 is 1.67 bits per heavy atom. The van der Waals surface area contributed by atoms with Crippen LogP contribution in [0, 0.1) is 0 Å². The molecule has 0 aliphatic rings. The second-order valence-corrected chi connectivity index (χ2v) is 5.13. The molecule has 102 valence electrons. The summed E-state index contributed by atoms with van der Waals surface area (Å²) in [5.41, 5.74) is 0. The monoisotopic (exact) mass is 274 g/mol. The van der Waals surface area contributed by atoms with E-state index in [0.717, 1.165) is 12.8 Å². The molecule has 0 spiro atoms. The van der Waals surface area contributed by atoms with E-state index in [9.17, 15) is 4.57 Å². The van der Waals surface area contributed by atoms with Gasteiger partial charge in [0.2, 0.25) is 0 Å². The molecule has 0 aromatic heterocycles. The van der Waals surface area contributed by atoms with Gasteiger partial charge >= 0.3 is 7.82 Å². The molecule has 18 heavy (non-hydrogen) atoms. The van der Waals surface area contributed by atoms with Gasteiger partial charge in [-0.15, -0.1) is 0 Å². The Bertz CT molecular complexity index is 384. The van der Waals surface area contributed by atoms with Crippen molar-refractivity contribution < 1.29 is 23.6 Å². The van der Waals surface area contributed by atoms with Gasteiger partial charge < -0.3 is 9.26 Å². The first-order valence-corrected chi connectivity index (χ1v) is 7.52. The number of benzene rings is 1.